The first-order valence-corrected chi connectivity index (χ1v) is 8.50. The molecule has 2 aromatic heterocycles. The molecule has 1 aromatic carbocycles. The smallest absolute Gasteiger partial charge is 0.230 e. The van der Waals surface area contributed by atoms with Gasteiger partial charge in [-0.2, -0.15) is 0 Å². The first-order valence-electron chi connectivity index (χ1n) is 7.62. The third-order valence-corrected chi connectivity index (χ3v) is 4.96. The normalized spacial score (nSPS) is 14.3. The van der Waals surface area contributed by atoms with Crippen LogP contribution in [0.15, 0.2) is 23.6 Å². The second-order valence-electron chi connectivity index (χ2n) is 6.00. The second-order valence-corrected chi connectivity index (χ2v) is 6.85. The van der Waals surface area contributed by atoms with Crippen LogP contribution in [0.3, 0.4) is 0 Å². The van der Waals surface area contributed by atoms with Gasteiger partial charge in [-0.3, -0.25) is 4.79 Å². The molecule has 118 valence electrons. The molecule has 0 saturated heterocycles. The highest BCUT2D eigenvalue weighted by Crippen LogP contribution is 2.40. The fourth-order valence-corrected chi connectivity index (χ4v) is 3.63. The Labute approximate surface area is 136 Å². The van der Waals surface area contributed by atoms with E-state index in [2.05, 4.69) is 15.3 Å². The van der Waals surface area contributed by atoms with Gasteiger partial charge in [0.15, 0.2) is 5.13 Å². The van der Waals surface area contributed by atoms with Crippen molar-refractivity contribution >= 4 is 33.3 Å². The van der Waals surface area contributed by atoms with Crippen LogP contribution >= 0.6 is 11.3 Å². The number of halogens is 1. The number of aromatic amines is 1. The molecule has 0 unspecified atom stereocenters. The maximum Gasteiger partial charge on any atom is 0.230 e. The minimum absolute atomic E-state index is 0.130. The Kier molecular flexibility index (Phi) is 3.41. The van der Waals surface area contributed by atoms with Gasteiger partial charge in [-0.1, -0.05) is 0 Å². The molecule has 1 aliphatic rings. The van der Waals surface area contributed by atoms with Crippen molar-refractivity contribution in [3.63, 3.8) is 0 Å². The summed E-state index contributed by atoms with van der Waals surface area (Å²) in [5, 5.41) is 6.26. The number of benzene rings is 1. The van der Waals surface area contributed by atoms with Crippen LogP contribution in [-0.4, -0.2) is 15.9 Å². The van der Waals surface area contributed by atoms with E-state index in [4.69, 9.17) is 0 Å². The lowest BCUT2D eigenvalue weighted by Crippen LogP contribution is -2.14. The maximum absolute atomic E-state index is 13.5. The zero-order valence-electron chi connectivity index (χ0n) is 12.6. The first kappa shape index (κ1) is 14.4. The molecule has 23 heavy (non-hydrogen) atoms. The molecular formula is C17H16FN3OS. The summed E-state index contributed by atoms with van der Waals surface area (Å²) in [7, 11) is 0. The van der Waals surface area contributed by atoms with Crippen molar-refractivity contribution in [2.75, 3.05) is 5.32 Å². The zero-order chi connectivity index (χ0) is 16.0. The summed E-state index contributed by atoms with van der Waals surface area (Å²) >= 11 is 1.46. The number of fused-ring (bicyclic) bond motifs is 1. The fourth-order valence-electron chi connectivity index (χ4n) is 2.82. The lowest BCUT2D eigenvalue weighted by molar-refractivity contribution is -0.115. The first-order chi connectivity index (χ1) is 11.1. The number of amides is 1. The maximum atomic E-state index is 13.5. The van der Waals surface area contributed by atoms with E-state index in [0.29, 0.717) is 11.0 Å². The lowest BCUT2D eigenvalue weighted by atomic mass is 10.1. The number of anilines is 1. The topological polar surface area (TPSA) is 57.8 Å². The van der Waals surface area contributed by atoms with E-state index in [-0.39, 0.29) is 18.1 Å². The van der Waals surface area contributed by atoms with Crippen LogP contribution in [-0.2, 0) is 11.2 Å². The van der Waals surface area contributed by atoms with Crippen LogP contribution in [0.1, 0.15) is 35.7 Å². The summed E-state index contributed by atoms with van der Waals surface area (Å²) in [5.74, 6) is 0.151. The Hall–Kier alpha value is -2.21. The average molecular weight is 329 g/mol. The van der Waals surface area contributed by atoms with Crippen molar-refractivity contribution in [2.24, 2.45) is 0 Å². The summed E-state index contributed by atoms with van der Waals surface area (Å²) in [4.78, 5) is 20.0. The largest absolute Gasteiger partial charge is 0.358 e. The fraction of sp³-hybridized carbons (Fsp3) is 0.294. The van der Waals surface area contributed by atoms with Crippen LogP contribution in [0, 0.1) is 12.7 Å². The number of nitrogens with zero attached hydrogens (tertiary/aromatic N) is 1. The molecule has 2 N–H and O–H groups in total. The number of hydrogen-bond acceptors (Lipinski definition) is 3. The third-order valence-electron chi connectivity index (χ3n) is 4.18. The number of thiazole rings is 1. The van der Waals surface area contributed by atoms with E-state index < -0.39 is 0 Å². The molecule has 1 saturated carbocycles. The van der Waals surface area contributed by atoms with Crippen molar-refractivity contribution in [3.8, 4) is 0 Å². The third kappa shape index (κ3) is 2.86. The number of aryl methyl sites for hydroxylation is 1. The van der Waals surface area contributed by atoms with Crippen molar-refractivity contribution < 1.29 is 9.18 Å². The van der Waals surface area contributed by atoms with Crippen molar-refractivity contribution in [2.45, 2.75) is 32.1 Å². The molecular weight excluding hydrogens is 313 g/mol. The molecule has 1 fully saturated rings. The van der Waals surface area contributed by atoms with Gasteiger partial charge < -0.3 is 10.3 Å². The van der Waals surface area contributed by atoms with Gasteiger partial charge in [-0.15, -0.1) is 11.3 Å². The summed E-state index contributed by atoms with van der Waals surface area (Å²) in [6.07, 6.45) is 2.59. The van der Waals surface area contributed by atoms with Gasteiger partial charge in [0.25, 0.3) is 0 Å². The van der Waals surface area contributed by atoms with E-state index in [1.165, 1.54) is 36.3 Å². The molecule has 1 aliphatic carbocycles. The number of carbonyl (C=O) groups is 1. The van der Waals surface area contributed by atoms with E-state index in [1.807, 2.05) is 12.3 Å². The molecule has 0 radical (unpaired) electrons. The zero-order valence-corrected chi connectivity index (χ0v) is 13.5. The van der Waals surface area contributed by atoms with Crippen molar-refractivity contribution in [3.05, 3.63) is 46.3 Å². The Bertz CT molecular complexity index is 895. The van der Waals surface area contributed by atoms with E-state index in [1.54, 1.807) is 6.07 Å². The van der Waals surface area contributed by atoms with Crippen LogP contribution < -0.4 is 5.32 Å². The van der Waals surface area contributed by atoms with E-state index in [9.17, 15) is 9.18 Å². The summed E-state index contributed by atoms with van der Waals surface area (Å²) in [6.45, 7) is 1.90. The minimum atomic E-state index is -0.299. The van der Waals surface area contributed by atoms with Crippen molar-refractivity contribution in [1.29, 1.82) is 0 Å². The predicted octanol–water partition coefficient (Wildman–Crippen LogP) is 4.13. The van der Waals surface area contributed by atoms with E-state index in [0.717, 1.165) is 27.9 Å². The van der Waals surface area contributed by atoms with Gasteiger partial charge in [0.05, 0.1) is 12.1 Å². The molecule has 4 nitrogen and oxygen atoms in total. The molecule has 3 aromatic rings. The lowest BCUT2D eigenvalue weighted by Gasteiger charge is -2.03. The van der Waals surface area contributed by atoms with Crippen LogP contribution in [0.5, 0.6) is 0 Å². The highest BCUT2D eigenvalue weighted by Gasteiger charge is 2.26. The molecule has 0 aliphatic heterocycles. The second kappa shape index (κ2) is 5.45. The predicted molar refractivity (Wildman–Crippen MR) is 89.4 cm³/mol. The van der Waals surface area contributed by atoms with Gasteiger partial charge in [0.2, 0.25) is 5.91 Å². The number of aromatic nitrogens is 2. The van der Waals surface area contributed by atoms with Gasteiger partial charge in [0.1, 0.15) is 5.82 Å². The average Bonchev–Trinajstić information content (AvgIpc) is 3.19. The van der Waals surface area contributed by atoms with Crippen LogP contribution in [0.4, 0.5) is 9.52 Å². The Balaban J connectivity index is 1.53. The molecule has 0 atom stereocenters. The Morgan fingerprint density at radius 2 is 2.30 bits per heavy atom. The quantitative estimate of drug-likeness (QED) is 0.756. The summed E-state index contributed by atoms with van der Waals surface area (Å²) in [5.41, 5.74) is 3.64. The molecule has 6 heteroatoms. The molecule has 2 heterocycles. The van der Waals surface area contributed by atoms with Gasteiger partial charge in [-0.05, 0) is 43.5 Å². The van der Waals surface area contributed by atoms with Gasteiger partial charge >= 0.3 is 0 Å². The summed E-state index contributed by atoms with van der Waals surface area (Å²) < 4.78 is 13.5. The number of rotatable bonds is 4. The van der Waals surface area contributed by atoms with E-state index >= 15 is 0 Å². The van der Waals surface area contributed by atoms with Crippen LogP contribution in [0.2, 0.25) is 0 Å². The number of H-pyrrole nitrogens is 1. The van der Waals surface area contributed by atoms with Crippen LogP contribution in [0.25, 0.3) is 10.9 Å². The Morgan fingerprint density at radius 1 is 1.48 bits per heavy atom. The van der Waals surface area contributed by atoms with Crippen molar-refractivity contribution in [1.82, 2.24) is 9.97 Å². The highest BCUT2D eigenvalue weighted by molar-refractivity contribution is 7.13. The molecule has 1 amide bonds. The van der Waals surface area contributed by atoms with Gasteiger partial charge in [0, 0.05) is 27.9 Å². The monoisotopic (exact) mass is 329 g/mol. The Morgan fingerprint density at radius 3 is 3.09 bits per heavy atom. The molecule has 4 rings (SSSR count). The summed E-state index contributed by atoms with van der Waals surface area (Å²) in [6, 6.07) is 4.58. The number of carbonyl (C=O) groups excluding carboxylic acids is 1. The SMILES string of the molecule is Cc1[nH]c2ccc(F)cc2c1CC(=O)Nc1nc(C2CC2)cs1. The highest BCUT2D eigenvalue weighted by atomic mass is 32.1. The number of nitrogens with one attached hydrogen (secondary N) is 2. The molecule has 0 spiro atoms. The number of hydrogen-bond donors (Lipinski definition) is 2. The standard InChI is InChI=1S/C17H16FN3OS/c1-9-12(13-6-11(18)4-5-14(13)19-9)7-16(22)21-17-20-15(8-23-17)10-2-3-10/h4-6,8,10,19H,2-3,7H2,1H3,(H,20,21,22). The molecule has 0 bridgehead atoms. The van der Waals surface area contributed by atoms with Gasteiger partial charge in [-0.25, -0.2) is 9.37 Å². The minimum Gasteiger partial charge on any atom is -0.358 e.